The van der Waals surface area contributed by atoms with Gasteiger partial charge >= 0.3 is 6.03 Å². The van der Waals surface area contributed by atoms with Gasteiger partial charge in [0.05, 0.1) is 7.11 Å². The van der Waals surface area contributed by atoms with Crippen molar-refractivity contribution in [2.45, 2.75) is 38.7 Å². The lowest BCUT2D eigenvalue weighted by atomic mass is 10.1. The molecule has 0 aliphatic carbocycles. The van der Waals surface area contributed by atoms with Gasteiger partial charge in [-0.25, -0.2) is 14.1 Å². The number of hydrogen-bond donors (Lipinski definition) is 1. The fourth-order valence-electron chi connectivity index (χ4n) is 1.87. The van der Waals surface area contributed by atoms with Gasteiger partial charge in [-0.2, -0.15) is 5.06 Å². The van der Waals surface area contributed by atoms with Gasteiger partial charge in [-0.1, -0.05) is 5.16 Å². The van der Waals surface area contributed by atoms with Crippen LogP contribution in [0.4, 0.5) is 15.0 Å². The van der Waals surface area contributed by atoms with Crippen molar-refractivity contribution < 1.29 is 23.7 Å². The molecule has 106 valence electrons. The lowest BCUT2D eigenvalue weighted by Crippen LogP contribution is -2.35. The number of carbonyl (C=O) groups is 1. The van der Waals surface area contributed by atoms with Crippen LogP contribution in [0.5, 0.6) is 0 Å². The second kappa shape index (κ2) is 4.46. The van der Waals surface area contributed by atoms with E-state index in [1.165, 1.54) is 27.0 Å². The first-order valence-corrected chi connectivity index (χ1v) is 5.78. The number of carbonyl (C=O) groups excluding carboxylic acids is 1. The fourth-order valence-corrected chi connectivity index (χ4v) is 1.87. The molecule has 1 saturated heterocycles. The zero-order valence-corrected chi connectivity index (χ0v) is 11.1. The molecule has 0 bridgehead atoms. The van der Waals surface area contributed by atoms with Crippen molar-refractivity contribution >= 4 is 11.8 Å². The van der Waals surface area contributed by atoms with Crippen LogP contribution in [-0.4, -0.2) is 40.7 Å². The van der Waals surface area contributed by atoms with Crippen LogP contribution < -0.4 is 4.90 Å². The molecule has 1 aromatic rings. The molecule has 1 aromatic heterocycles. The molecule has 0 spiro atoms. The van der Waals surface area contributed by atoms with Crippen LogP contribution in [0, 0.1) is 0 Å². The maximum absolute atomic E-state index is 13.7. The van der Waals surface area contributed by atoms with Crippen LogP contribution in [0.1, 0.15) is 26.5 Å². The van der Waals surface area contributed by atoms with Crippen molar-refractivity contribution in [1.29, 1.82) is 0 Å². The maximum Gasteiger partial charge on any atom is 0.352 e. The molecule has 1 aliphatic heterocycles. The van der Waals surface area contributed by atoms with E-state index in [0.717, 1.165) is 9.96 Å². The number of halogens is 1. The van der Waals surface area contributed by atoms with E-state index in [9.17, 15) is 14.3 Å². The Morgan fingerprint density at radius 1 is 1.58 bits per heavy atom. The standard InChI is InChI=1S/C11H16FN3O4/c1-6-9(16)14(10(17)15(6)18-4)8-5-7(19-13-8)11(2,3)12/h5-6,9,16H,1-4H3. The van der Waals surface area contributed by atoms with Gasteiger partial charge in [0, 0.05) is 6.07 Å². The monoisotopic (exact) mass is 273 g/mol. The minimum atomic E-state index is -1.72. The molecule has 2 rings (SSSR count). The summed E-state index contributed by atoms with van der Waals surface area (Å²) in [6.07, 6.45) is -1.15. The smallest absolute Gasteiger partial charge is 0.352 e. The quantitative estimate of drug-likeness (QED) is 0.900. The number of amides is 2. The van der Waals surface area contributed by atoms with Gasteiger partial charge in [0.2, 0.25) is 0 Å². The Labute approximate surface area is 109 Å². The molecular weight excluding hydrogens is 257 g/mol. The number of aliphatic hydroxyl groups is 1. The Morgan fingerprint density at radius 2 is 2.21 bits per heavy atom. The summed E-state index contributed by atoms with van der Waals surface area (Å²) in [7, 11) is 1.32. The van der Waals surface area contributed by atoms with Gasteiger partial charge in [0.15, 0.2) is 23.5 Å². The molecule has 0 saturated carbocycles. The zero-order chi connectivity index (χ0) is 14.4. The van der Waals surface area contributed by atoms with E-state index in [2.05, 4.69) is 5.16 Å². The molecule has 1 aliphatic rings. The first-order chi connectivity index (χ1) is 8.77. The summed E-state index contributed by atoms with van der Waals surface area (Å²) in [6.45, 7) is 4.24. The maximum atomic E-state index is 13.7. The Balaban J connectivity index is 2.32. The predicted octanol–water partition coefficient (Wildman–Crippen LogP) is 1.39. The number of hydrogen-bond acceptors (Lipinski definition) is 5. The topological polar surface area (TPSA) is 79.0 Å². The fraction of sp³-hybridized carbons (Fsp3) is 0.636. The average molecular weight is 273 g/mol. The Kier molecular flexibility index (Phi) is 3.23. The summed E-state index contributed by atoms with van der Waals surface area (Å²) in [5.41, 5.74) is -1.72. The second-order valence-corrected chi connectivity index (χ2v) is 4.84. The van der Waals surface area contributed by atoms with Gasteiger partial charge in [0.1, 0.15) is 6.04 Å². The summed E-state index contributed by atoms with van der Waals surface area (Å²) in [6, 6.07) is 0.127. The molecule has 19 heavy (non-hydrogen) atoms. The summed E-state index contributed by atoms with van der Waals surface area (Å²) < 4.78 is 18.6. The Bertz CT molecular complexity index is 485. The van der Waals surface area contributed by atoms with Crippen molar-refractivity contribution in [3.63, 3.8) is 0 Å². The number of anilines is 1. The summed E-state index contributed by atoms with van der Waals surface area (Å²) in [4.78, 5) is 17.9. The molecular formula is C11H16FN3O4. The molecule has 8 heteroatoms. The number of alkyl halides is 1. The number of rotatable bonds is 3. The van der Waals surface area contributed by atoms with Crippen molar-refractivity contribution in [2.24, 2.45) is 0 Å². The van der Waals surface area contributed by atoms with Crippen molar-refractivity contribution in [3.8, 4) is 0 Å². The van der Waals surface area contributed by atoms with Crippen LogP contribution in [0.2, 0.25) is 0 Å². The van der Waals surface area contributed by atoms with Gasteiger partial charge in [0.25, 0.3) is 0 Å². The Hall–Kier alpha value is -1.67. The van der Waals surface area contributed by atoms with Crippen molar-refractivity contribution in [3.05, 3.63) is 11.8 Å². The highest BCUT2D eigenvalue weighted by atomic mass is 19.1. The summed E-state index contributed by atoms with van der Waals surface area (Å²) in [5, 5.41) is 14.6. The van der Waals surface area contributed by atoms with Crippen molar-refractivity contribution in [2.75, 3.05) is 12.0 Å². The highest BCUT2D eigenvalue weighted by Gasteiger charge is 2.45. The van der Waals surface area contributed by atoms with E-state index in [1.807, 2.05) is 0 Å². The largest absolute Gasteiger partial charge is 0.371 e. The van der Waals surface area contributed by atoms with Gasteiger partial charge in [-0.15, -0.1) is 0 Å². The second-order valence-electron chi connectivity index (χ2n) is 4.84. The molecule has 2 unspecified atom stereocenters. The normalized spacial score (nSPS) is 24.4. The summed E-state index contributed by atoms with van der Waals surface area (Å²) in [5.74, 6) is 0.0237. The van der Waals surface area contributed by atoms with Crippen LogP contribution in [0.3, 0.4) is 0 Å². The first kappa shape index (κ1) is 13.8. The number of nitrogens with zero attached hydrogens (tertiary/aromatic N) is 3. The lowest BCUT2D eigenvalue weighted by molar-refractivity contribution is -0.111. The lowest BCUT2D eigenvalue weighted by Gasteiger charge is -2.16. The molecule has 2 heterocycles. The molecule has 7 nitrogen and oxygen atoms in total. The molecule has 1 N–H and O–H groups in total. The zero-order valence-electron chi connectivity index (χ0n) is 11.1. The SMILES string of the molecule is CON1C(=O)N(c2cc(C(C)(C)F)on2)C(O)C1C. The molecule has 0 aromatic carbocycles. The number of aliphatic hydroxyl groups excluding tert-OH is 1. The minimum absolute atomic E-state index is 0.0222. The van der Waals surface area contributed by atoms with Crippen LogP contribution in [-0.2, 0) is 10.5 Å². The molecule has 1 fully saturated rings. The number of urea groups is 1. The molecule has 2 amide bonds. The third kappa shape index (κ3) is 2.17. The van der Waals surface area contributed by atoms with Crippen LogP contribution >= 0.6 is 0 Å². The van der Waals surface area contributed by atoms with Crippen LogP contribution in [0.25, 0.3) is 0 Å². The van der Waals surface area contributed by atoms with E-state index in [0.29, 0.717) is 0 Å². The minimum Gasteiger partial charge on any atom is -0.371 e. The molecule has 0 radical (unpaired) electrons. The van der Waals surface area contributed by atoms with E-state index in [-0.39, 0.29) is 11.6 Å². The number of hydroxylamine groups is 2. The van der Waals surface area contributed by atoms with Crippen LogP contribution in [0.15, 0.2) is 10.6 Å². The Morgan fingerprint density at radius 3 is 2.63 bits per heavy atom. The third-order valence-corrected chi connectivity index (χ3v) is 2.99. The van der Waals surface area contributed by atoms with E-state index < -0.39 is 24.0 Å². The van der Waals surface area contributed by atoms with Gasteiger partial charge in [-0.05, 0) is 20.8 Å². The van der Waals surface area contributed by atoms with E-state index in [1.54, 1.807) is 6.92 Å². The third-order valence-electron chi connectivity index (χ3n) is 2.99. The van der Waals surface area contributed by atoms with Gasteiger partial charge in [-0.3, -0.25) is 4.84 Å². The van der Waals surface area contributed by atoms with E-state index in [4.69, 9.17) is 9.36 Å². The molecule has 2 atom stereocenters. The van der Waals surface area contributed by atoms with Crippen molar-refractivity contribution in [1.82, 2.24) is 10.2 Å². The average Bonchev–Trinajstić information content (AvgIpc) is 2.85. The highest BCUT2D eigenvalue weighted by molar-refractivity contribution is 5.93. The first-order valence-electron chi connectivity index (χ1n) is 5.78. The summed E-state index contributed by atoms with van der Waals surface area (Å²) >= 11 is 0. The highest BCUT2D eigenvalue weighted by Crippen LogP contribution is 2.32. The van der Waals surface area contributed by atoms with Gasteiger partial charge < -0.3 is 9.63 Å². The predicted molar refractivity (Wildman–Crippen MR) is 62.8 cm³/mol. The number of aromatic nitrogens is 1. The van der Waals surface area contributed by atoms with E-state index >= 15 is 0 Å².